The van der Waals surface area contributed by atoms with Crippen LogP contribution in [0.1, 0.15) is 53.9 Å². The van der Waals surface area contributed by atoms with Crippen molar-refractivity contribution in [3.63, 3.8) is 0 Å². The maximum absolute atomic E-state index is 13.9. The van der Waals surface area contributed by atoms with Crippen LogP contribution in [0.15, 0.2) is 18.2 Å². The van der Waals surface area contributed by atoms with Crippen molar-refractivity contribution in [1.29, 1.82) is 0 Å². The molecule has 2 heterocycles. The standard InChI is InChI=1S/C23H25F2N3O3S/c1-13-19(20(29)26-18-4-7-23(18)5-2-3-6-23)27-22(32-13)28(21(30)14-11-31-12-14)17-9-15(24)8-16(25)10-17/h8-10,14,18H,2-7,11-12H2,1H3,(H,26,29)/t18-/m1/s1. The van der Waals surface area contributed by atoms with Crippen molar-refractivity contribution in [3.05, 3.63) is 40.4 Å². The Morgan fingerprint density at radius 1 is 1.16 bits per heavy atom. The maximum Gasteiger partial charge on any atom is 0.271 e. The number of nitrogens with zero attached hydrogens (tertiary/aromatic N) is 2. The number of anilines is 2. The van der Waals surface area contributed by atoms with Crippen LogP contribution in [0.5, 0.6) is 0 Å². The molecule has 2 amide bonds. The van der Waals surface area contributed by atoms with Gasteiger partial charge in [0.25, 0.3) is 5.91 Å². The molecule has 1 spiro atoms. The lowest BCUT2D eigenvalue weighted by Gasteiger charge is -2.47. The van der Waals surface area contributed by atoms with Gasteiger partial charge in [-0.15, -0.1) is 11.3 Å². The molecule has 1 aliphatic heterocycles. The normalized spacial score (nSPS) is 21.8. The number of amides is 2. The average molecular weight is 462 g/mol. The van der Waals surface area contributed by atoms with Crippen molar-refractivity contribution in [2.24, 2.45) is 11.3 Å². The molecule has 3 fully saturated rings. The fourth-order valence-corrected chi connectivity index (χ4v) is 6.01. The molecule has 1 N–H and O–H groups in total. The van der Waals surface area contributed by atoms with Gasteiger partial charge in [0.15, 0.2) is 5.13 Å². The first kappa shape index (κ1) is 21.5. The first-order valence-corrected chi connectivity index (χ1v) is 11.8. The van der Waals surface area contributed by atoms with Crippen molar-refractivity contribution in [1.82, 2.24) is 10.3 Å². The van der Waals surface area contributed by atoms with Crippen molar-refractivity contribution < 1.29 is 23.1 Å². The SMILES string of the molecule is Cc1sc(N(C(=O)C2COC2)c2cc(F)cc(F)c2)nc1C(=O)N[C@@H]1CCC12CCCC2. The fraction of sp³-hybridized carbons (Fsp3) is 0.522. The summed E-state index contributed by atoms with van der Waals surface area (Å²) in [6.07, 6.45) is 6.83. The van der Waals surface area contributed by atoms with Gasteiger partial charge in [-0.1, -0.05) is 12.8 Å². The van der Waals surface area contributed by atoms with E-state index in [0.29, 0.717) is 4.88 Å². The molecule has 9 heteroatoms. The van der Waals surface area contributed by atoms with Crippen LogP contribution in [0.25, 0.3) is 0 Å². The highest BCUT2D eigenvalue weighted by Crippen LogP contribution is 2.53. The van der Waals surface area contributed by atoms with Gasteiger partial charge in [0.1, 0.15) is 17.3 Å². The number of aromatic nitrogens is 1. The van der Waals surface area contributed by atoms with Crippen LogP contribution in [0, 0.1) is 29.9 Å². The molecular formula is C23H25F2N3O3S. The predicted octanol–water partition coefficient (Wildman–Crippen LogP) is 4.49. The minimum absolute atomic E-state index is 0.0454. The number of ether oxygens (including phenoxy) is 1. The number of carbonyl (C=O) groups is 2. The zero-order chi connectivity index (χ0) is 22.5. The van der Waals surface area contributed by atoms with Gasteiger partial charge in [-0.2, -0.15) is 0 Å². The number of hydrogen-bond acceptors (Lipinski definition) is 5. The third kappa shape index (κ3) is 3.71. The van der Waals surface area contributed by atoms with Crippen LogP contribution >= 0.6 is 11.3 Å². The monoisotopic (exact) mass is 461 g/mol. The van der Waals surface area contributed by atoms with Gasteiger partial charge in [-0.05, 0) is 50.2 Å². The Hall–Kier alpha value is -2.39. The highest BCUT2D eigenvalue weighted by atomic mass is 32.1. The van der Waals surface area contributed by atoms with Crippen LogP contribution in [0.2, 0.25) is 0 Å². The molecule has 1 saturated heterocycles. The first-order chi connectivity index (χ1) is 15.4. The molecule has 2 aromatic rings. The zero-order valence-electron chi connectivity index (χ0n) is 17.8. The van der Waals surface area contributed by atoms with E-state index in [0.717, 1.165) is 55.2 Å². The summed E-state index contributed by atoms with van der Waals surface area (Å²) >= 11 is 1.16. The molecule has 3 aliphatic rings. The quantitative estimate of drug-likeness (QED) is 0.712. The van der Waals surface area contributed by atoms with Gasteiger partial charge < -0.3 is 10.1 Å². The third-order valence-electron chi connectivity index (χ3n) is 7.08. The summed E-state index contributed by atoms with van der Waals surface area (Å²) in [4.78, 5) is 32.5. The average Bonchev–Trinajstić information content (AvgIpc) is 3.32. The summed E-state index contributed by atoms with van der Waals surface area (Å²) in [7, 11) is 0. The van der Waals surface area contributed by atoms with Crippen LogP contribution < -0.4 is 10.2 Å². The van der Waals surface area contributed by atoms with Crippen LogP contribution in [0.4, 0.5) is 19.6 Å². The van der Waals surface area contributed by atoms with Crippen molar-refractivity contribution in [2.45, 2.75) is 51.5 Å². The highest BCUT2D eigenvalue weighted by Gasteiger charge is 2.49. The van der Waals surface area contributed by atoms with E-state index in [2.05, 4.69) is 10.3 Å². The number of carbonyl (C=O) groups excluding carboxylic acids is 2. The van der Waals surface area contributed by atoms with E-state index < -0.39 is 17.6 Å². The second-order valence-electron chi connectivity index (χ2n) is 9.07. The Balaban J connectivity index is 1.43. The lowest BCUT2D eigenvalue weighted by molar-refractivity contribution is -0.135. The Morgan fingerprint density at radius 2 is 1.84 bits per heavy atom. The van der Waals surface area contributed by atoms with Crippen molar-refractivity contribution in [2.75, 3.05) is 18.1 Å². The summed E-state index contributed by atoms with van der Waals surface area (Å²) < 4.78 is 33.0. The maximum atomic E-state index is 13.9. The lowest BCUT2D eigenvalue weighted by atomic mass is 9.63. The number of benzene rings is 1. The summed E-state index contributed by atoms with van der Waals surface area (Å²) in [6.45, 7) is 2.26. The fourth-order valence-electron chi connectivity index (χ4n) is 5.08. The topological polar surface area (TPSA) is 71.5 Å². The number of hydrogen-bond donors (Lipinski definition) is 1. The molecule has 0 radical (unpaired) electrons. The lowest BCUT2D eigenvalue weighted by Crippen LogP contribution is -2.54. The molecule has 1 aromatic carbocycles. The molecule has 1 aromatic heterocycles. The first-order valence-electron chi connectivity index (χ1n) is 11.0. The largest absolute Gasteiger partial charge is 0.380 e. The van der Waals surface area contributed by atoms with Crippen LogP contribution in [-0.4, -0.2) is 36.1 Å². The second-order valence-corrected chi connectivity index (χ2v) is 10.3. The van der Waals surface area contributed by atoms with Crippen molar-refractivity contribution >= 4 is 34.0 Å². The number of aryl methyl sites for hydroxylation is 1. The summed E-state index contributed by atoms with van der Waals surface area (Å²) in [5.41, 5.74) is 0.530. The second kappa shape index (κ2) is 8.19. The number of thiazole rings is 1. The molecular weight excluding hydrogens is 436 g/mol. The van der Waals surface area contributed by atoms with E-state index in [9.17, 15) is 18.4 Å². The van der Waals surface area contributed by atoms with Gasteiger partial charge >= 0.3 is 0 Å². The number of rotatable bonds is 5. The minimum atomic E-state index is -0.791. The van der Waals surface area contributed by atoms with E-state index >= 15 is 0 Å². The summed E-state index contributed by atoms with van der Waals surface area (Å²) in [5, 5.41) is 3.37. The summed E-state index contributed by atoms with van der Waals surface area (Å²) in [5.74, 6) is -2.61. The van der Waals surface area contributed by atoms with E-state index in [1.54, 1.807) is 6.92 Å². The number of nitrogens with one attached hydrogen (secondary N) is 1. The van der Waals surface area contributed by atoms with Gasteiger partial charge in [-0.25, -0.2) is 13.8 Å². The van der Waals surface area contributed by atoms with Crippen LogP contribution in [-0.2, 0) is 9.53 Å². The molecule has 1 atom stereocenters. The number of halogens is 2. The smallest absolute Gasteiger partial charge is 0.271 e. The van der Waals surface area contributed by atoms with Crippen LogP contribution in [0.3, 0.4) is 0 Å². The van der Waals surface area contributed by atoms with E-state index in [1.165, 1.54) is 17.7 Å². The molecule has 2 aliphatic carbocycles. The Bertz CT molecular complexity index is 1040. The third-order valence-corrected chi connectivity index (χ3v) is 8.04. The predicted molar refractivity (Wildman–Crippen MR) is 116 cm³/mol. The molecule has 6 nitrogen and oxygen atoms in total. The molecule has 2 saturated carbocycles. The van der Waals surface area contributed by atoms with E-state index in [-0.39, 0.29) is 53.0 Å². The molecule has 32 heavy (non-hydrogen) atoms. The Morgan fingerprint density at radius 3 is 2.41 bits per heavy atom. The van der Waals surface area contributed by atoms with Gasteiger partial charge in [0.05, 0.1) is 24.8 Å². The minimum Gasteiger partial charge on any atom is -0.380 e. The zero-order valence-corrected chi connectivity index (χ0v) is 18.6. The molecule has 0 bridgehead atoms. The Labute approximate surface area is 189 Å². The Kier molecular flexibility index (Phi) is 5.49. The van der Waals surface area contributed by atoms with E-state index in [4.69, 9.17) is 4.74 Å². The summed E-state index contributed by atoms with van der Waals surface area (Å²) in [6, 6.07) is 3.09. The molecule has 0 unspecified atom stereocenters. The van der Waals surface area contributed by atoms with Gasteiger partial charge in [0, 0.05) is 17.0 Å². The van der Waals surface area contributed by atoms with Crippen molar-refractivity contribution in [3.8, 4) is 0 Å². The highest BCUT2D eigenvalue weighted by molar-refractivity contribution is 7.16. The van der Waals surface area contributed by atoms with E-state index in [1.807, 2.05) is 0 Å². The molecule has 170 valence electrons. The molecule has 5 rings (SSSR count). The van der Waals surface area contributed by atoms with Gasteiger partial charge in [-0.3, -0.25) is 14.5 Å². The van der Waals surface area contributed by atoms with Gasteiger partial charge in [0.2, 0.25) is 5.91 Å².